The first kappa shape index (κ1) is 12.9. The van der Waals surface area contributed by atoms with Crippen molar-refractivity contribution in [2.45, 2.75) is 32.7 Å². The lowest BCUT2D eigenvalue weighted by atomic mass is 9.89. The molecule has 2 heterocycles. The van der Waals surface area contributed by atoms with E-state index in [1.54, 1.807) is 6.34 Å². The summed E-state index contributed by atoms with van der Waals surface area (Å²) in [6.07, 6.45) is 5.01. The minimum atomic E-state index is -0.152. The van der Waals surface area contributed by atoms with Gasteiger partial charge in [-0.2, -0.15) is 0 Å². The van der Waals surface area contributed by atoms with Crippen LogP contribution in [0.5, 0.6) is 0 Å². The fourth-order valence-corrected chi connectivity index (χ4v) is 1.80. The van der Waals surface area contributed by atoms with Crippen molar-refractivity contribution in [2.75, 3.05) is 13.2 Å². The van der Waals surface area contributed by atoms with E-state index in [0.29, 0.717) is 12.4 Å². The molecule has 1 unspecified atom stereocenters. The van der Waals surface area contributed by atoms with Gasteiger partial charge in [-0.3, -0.25) is 9.98 Å². The maximum absolute atomic E-state index is 9.16. The summed E-state index contributed by atoms with van der Waals surface area (Å²) in [7, 11) is 0. The molecular weight excluding hydrogens is 230 g/mol. The lowest BCUT2D eigenvalue weighted by Gasteiger charge is -2.20. The highest BCUT2D eigenvalue weighted by Crippen LogP contribution is 2.21. The van der Waals surface area contributed by atoms with Gasteiger partial charge in [0.2, 0.25) is 0 Å². The molecule has 18 heavy (non-hydrogen) atoms. The van der Waals surface area contributed by atoms with Crippen LogP contribution in [0.1, 0.15) is 26.7 Å². The van der Waals surface area contributed by atoms with Crippen molar-refractivity contribution in [3.63, 3.8) is 0 Å². The van der Waals surface area contributed by atoms with Gasteiger partial charge < -0.3 is 10.4 Å². The molecule has 0 saturated heterocycles. The zero-order chi connectivity index (χ0) is 13.0. The third-order valence-electron chi connectivity index (χ3n) is 3.04. The Labute approximate surface area is 107 Å². The highest BCUT2D eigenvalue weighted by molar-refractivity contribution is 6.21. The Morgan fingerprint density at radius 3 is 3.11 bits per heavy atom. The van der Waals surface area contributed by atoms with Crippen LogP contribution in [0.2, 0.25) is 0 Å². The second-order valence-electron chi connectivity index (χ2n) is 5.25. The van der Waals surface area contributed by atoms with Crippen LogP contribution in [0.4, 0.5) is 0 Å². The molecule has 2 aliphatic rings. The molecule has 0 fully saturated rings. The summed E-state index contributed by atoms with van der Waals surface area (Å²) in [4.78, 5) is 17.0. The van der Waals surface area contributed by atoms with Gasteiger partial charge in [0.1, 0.15) is 12.2 Å². The minimum absolute atomic E-state index is 0.0320. The number of aliphatic hydroxyl groups is 1. The standard InChI is InChI=1S/C12H19N5O/c1-12(2,6-18)4-3-5-13-10-9-11(15-7-14-9)17-8-16-10/h7-9,18H,3-6H2,1-2H3,(H,13,14,15,16,17). The zero-order valence-corrected chi connectivity index (χ0v) is 10.8. The summed E-state index contributed by atoms with van der Waals surface area (Å²) in [5.74, 6) is 1.50. The Morgan fingerprint density at radius 2 is 2.33 bits per heavy atom. The summed E-state index contributed by atoms with van der Waals surface area (Å²) in [5.41, 5.74) is -0.0320. The first-order chi connectivity index (χ1) is 8.62. The van der Waals surface area contributed by atoms with Crippen LogP contribution < -0.4 is 5.32 Å². The third-order valence-corrected chi connectivity index (χ3v) is 3.04. The maximum Gasteiger partial charge on any atom is 0.168 e. The average molecular weight is 249 g/mol. The molecule has 0 aromatic rings. The van der Waals surface area contributed by atoms with Crippen LogP contribution in [0.3, 0.4) is 0 Å². The van der Waals surface area contributed by atoms with Crippen LogP contribution in [0.15, 0.2) is 20.0 Å². The average Bonchev–Trinajstić information content (AvgIpc) is 2.83. The van der Waals surface area contributed by atoms with Crippen LogP contribution in [0.25, 0.3) is 0 Å². The number of amidine groups is 2. The Hall–Kier alpha value is -1.56. The molecule has 2 aliphatic heterocycles. The van der Waals surface area contributed by atoms with Crippen molar-refractivity contribution in [3.05, 3.63) is 0 Å². The van der Waals surface area contributed by atoms with E-state index < -0.39 is 0 Å². The molecular formula is C12H19N5O. The first-order valence-corrected chi connectivity index (χ1v) is 6.16. The van der Waals surface area contributed by atoms with Crippen molar-refractivity contribution in [1.29, 1.82) is 0 Å². The molecule has 0 saturated carbocycles. The highest BCUT2D eigenvalue weighted by Gasteiger charge is 2.26. The summed E-state index contributed by atoms with van der Waals surface area (Å²) >= 11 is 0. The molecule has 0 amide bonds. The predicted molar refractivity (Wildman–Crippen MR) is 73.7 cm³/mol. The number of nitrogens with zero attached hydrogens (tertiary/aromatic N) is 4. The molecule has 0 spiro atoms. The third kappa shape index (κ3) is 3.01. The quantitative estimate of drug-likeness (QED) is 0.700. The topological polar surface area (TPSA) is 81.7 Å². The number of fused-ring (bicyclic) bond motifs is 1. The highest BCUT2D eigenvalue weighted by atomic mass is 16.3. The molecule has 98 valence electrons. The number of hydrogen-bond acceptors (Lipinski definition) is 5. The second-order valence-corrected chi connectivity index (χ2v) is 5.25. The van der Waals surface area contributed by atoms with E-state index in [-0.39, 0.29) is 18.1 Å². The predicted octanol–water partition coefficient (Wildman–Crippen LogP) is 0.624. The SMILES string of the molecule is CC(C)(CO)CCCN=C1N=CNC2=NC=NC12. The van der Waals surface area contributed by atoms with Crippen molar-refractivity contribution < 1.29 is 5.11 Å². The number of aliphatic hydroxyl groups excluding tert-OH is 1. The van der Waals surface area contributed by atoms with E-state index in [1.807, 2.05) is 0 Å². The van der Waals surface area contributed by atoms with Gasteiger partial charge in [-0.25, -0.2) is 9.98 Å². The Balaban J connectivity index is 1.86. The normalized spacial score (nSPS) is 24.1. The van der Waals surface area contributed by atoms with Crippen LogP contribution in [-0.4, -0.2) is 48.6 Å². The summed E-state index contributed by atoms with van der Waals surface area (Å²) in [6.45, 7) is 5.01. The van der Waals surface area contributed by atoms with Crippen molar-refractivity contribution in [3.8, 4) is 0 Å². The van der Waals surface area contributed by atoms with E-state index in [1.165, 1.54) is 6.34 Å². The van der Waals surface area contributed by atoms with Gasteiger partial charge >= 0.3 is 0 Å². The number of rotatable bonds is 5. The summed E-state index contributed by atoms with van der Waals surface area (Å²) < 4.78 is 0. The molecule has 0 aliphatic carbocycles. The molecule has 2 rings (SSSR count). The first-order valence-electron chi connectivity index (χ1n) is 6.16. The van der Waals surface area contributed by atoms with Crippen LogP contribution >= 0.6 is 0 Å². The number of aliphatic imine (C=N–C) groups is 4. The molecule has 2 N–H and O–H groups in total. The number of hydrogen-bond donors (Lipinski definition) is 2. The Bertz CT molecular complexity index is 422. The summed E-state index contributed by atoms with van der Waals surface area (Å²) in [5, 5.41) is 12.1. The van der Waals surface area contributed by atoms with E-state index >= 15 is 0 Å². The van der Waals surface area contributed by atoms with Gasteiger partial charge in [0.25, 0.3) is 0 Å². The monoisotopic (exact) mass is 249 g/mol. The lowest BCUT2D eigenvalue weighted by Crippen LogP contribution is -2.40. The van der Waals surface area contributed by atoms with Crippen molar-refractivity contribution in [1.82, 2.24) is 5.32 Å². The molecule has 6 nitrogen and oxygen atoms in total. The lowest BCUT2D eigenvalue weighted by molar-refractivity contribution is 0.149. The molecule has 0 aromatic carbocycles. The fourth-order valence-electron chi connectivity index (χ4n) is 1.80. The zero-order valence-electron chi connectivity index (χ0n) is 10.8. The van der Waals surface area contributed by atoms with Crippen LogP contribution in [0, 0.1) is 5.41 Å². The fraction of sp³-hybridized carbons (Fsp3) is 0.667. The maximum atomic E-state index is 9.16. The van der Waals surface area contributed by atoms with Gasteiger partial charge in [0.15, 0.2) is 11.9 Å². The Kier molecular flexibility index (Phi) is 3.86. The largest absolute Gasteiger partial charge is 0.396 e. The van der Waals surface area contributed by atoms with Gasteiger partial charge in [-0.15, -0.1) is 0 Å². The minimum Gasteiger partial charge on any atom is -0.396 e. The van der Waals surface area contributed by atoms with Gasteiger partial charge in [-0.05, 0) is 18.3 Å². The van der Waals surface area contributed by atoms with Gasteiger partial charge in [0.05, 0.1) is 6.34 Å². The van der Waals surface area contributed by atoms with E-state index in [2.05, 4.69) is 39.1 Å². The van der Waals surface area contributed by atoms with Gasteiger partial charge in [-0.1, -0.05) is 13.8 Å². The van der Waals surface area contributed by atoms with E-state index in [9.17, 15) is 0 Å². The molecule has 0 bridgehead atoms. The smallest absolute Gasteiger partial charge is 0.168 e. The van der Waals surface area contributed by atoms with Gasteiger partial charge in [0, 0.05) is 13.2 Å². The summed E-state index contributed by atoms with van der Waals surface area (Å²) in [6, 6.07) is -0.152. The second kappa shape index (κ2) is 5.39. The van der Waals surface area contributed by atoms with E-state index in [4.69, 9.17) is 5.11 Å². The molecule has 0 radical (unpaired) electrons. The number of nitrogens with one attached hydrogen (secondary N) is 1. The van der Waals surface area contributed by atoms with Crippen molar-refractivity contribution >= 4 is 24.3 Å². The molecule has 1 atom stereocenters. The van der Waals surface area contributed by atoms with Crippen molar-refractivity contribution in [2.24, 2.45) is 25.4 Å². The molecule has 6 heteroatoms. The van der Waals surface area contributed by atoms with Crippen LogP contribution in [-0.2, 0) is 0 Å². The Morgan fingerprint density at radius 1 is 1.50 bits per heavy atom. The molecule has 0 aromatic heterocycles. The van der Waals surface area contributed by atoms with E-state index in [0.717, 1.165) is 18.7 Å².